The van der Waals surface area contributed by atoms with Gasteiger partial charge in [-0.25, -0.2) is 0 Å². The lowest BCUT2D eigenvalue weighted by Gasteiger charge is -2.30. The number of carbonyl (C=O) groups excluding carboxylic acids is 2. The van der Waals surface area contributed by atoms with Crippen molar-refractivity contribution in [2.24, 2.45) is 5.92 Å². The Hall–Kier alpha value is -0.770. The molecule has 1 fully saturated rings. The lowest BCUT2D eigenvalue weighted by atomic mass is 9.97. The summed E-state index contributed by atoms with van der Waals surface area (Å²) in [4.78, 5) is 24.3. The molecule has 0 aliphatic carbocycles. The number of likely N-dealkylation sites (tertiary alicyclic amines) is 1. The van der Waals surface area contributed by atoms with E-state index in [-0.39, 0.29) is 23.7 Å². The van der Waals surface area contributed by atoms with Gasteiger partial charge in [0, 0.05) is 13.1 Å². The van der Waals surface area contributed by atoms with E-state index in [1.807, 2.05) is 0 Å². The maximum atomic E-state index is 11.4. The van der Waals surface area contributed by atoms with Crippen molar-refractivity contribution in [2.75, 3.05) is 25.6 Å². The minimum atomic E-state index is -0.143. The first-order valence-electron chi connectivity index (χ1n) is 5.19. The molecule has 4 nitrogen and oxygen atoms in total. The van der Waals surface area contributed by atoms with Crippen molar-refractivity contribution in [1.29, 1.82) is 0 Å². The lowest BCUT2D eigenvalue weighted by molar-refractivity contribution is -0.151. The summed E-state index contributed by atoms with van der Waals surface area (Å²) >= 11 is 5.45. The van der Waals surface area contributed by atoms with Crippen LogP contribution in [0.15, 0.2) is 0 Å². The normalized spacial score (nSPS) is 17.6. The molecule has 0 atom stereocenters. The van der Waals surface area contributed by atoms with Crippen molar-refractivity contribution in [3.63, 3.8) is 0 Å². The van der Waals surface area contributed by atoms with E-state index in [0.717, 1.165) is 0 Å². The maximum absolute atomic E-state index is 11.4. The molecule has 1 aliphatic rings. The van der Waals surface area contributed by atoms with Crippen molar-refractivity contribution in [3.05, 3.63) is 0 Å². The van der Waals surface area contributed by atoms with Crippen LogP contribution in [0.5, 0.6) is 0 Å². The largest absolute Gasteiger partial charge is 0.466 e. The molecule has 0 saturated carbocycles. The first-order chi connectivity index (χ1) is 7.19. The van der Waals surface area contributed by atoms with Crippen molar-refractivity contribution in [3.8, 4) is 0 Å². The van der Waals surface area contributed by atoms with Crippen LogP contribution < -0.4 is 0 Å². The van der Waals surface area contributed by atoms with E-state index < -0.39 is 0 Å². The van der Waals surface area contributed by atoms with Crippen LogP contribution in [0.2, 0.25) is 0 Å². The smallest absolute Gasteiger partial charge is 0.309 e. The van der Waals surface area contributed by atoms with Gasteiger partial charge in [-0.3, -0.25) is 9.59 Å². The van der Waals surface area contributed by atoms with E-state index in [9.17, 15) is 9.59 Å². The summed E-state index contributed by atoms with van der Waals surface area (Å²) in [7, 11) is 0. The molecular formula is C10H16ClNO3. The summed E-state index contributed by atoms with van der Waals surface area (Å²) < 4.78 is 4.93. The zero-order valence-corrected chi connectivity index (χ0v) is 9.63. The van der Waals surface area contributed by atoms with E-state index >= 15 is 0 Å². The number of carbonyl (C=O) groups is 2. The quantitative estimate of drug-likeness (QED) is 0.540. The Morgan fingerprint density at radius 3 is 2.47 bits per heavy atom. The number of rotatable bonds is 3. The molecule has 0 N–H and O–H groups in total. The Kier molecular flexibility index (Phi) is 4.88. The summed E-state index contributed by atoms with van der Waals surface area (Å²) in [6.07, 6.45) is 1.36. The average Bonchev–Trinajstić information content (AvgIpc) is 2.28. The van der Waals surface area contributed by atoms with E-state index in [2.05, 4.69) is 0 Å². The van der Waals surface area contributed by atoms with Gasteiger partial charge in [0.2, 0.25) is 5.91 Å². The standard InChI is InChI=1S/C10H16ClNO3/c1-2-15-10(14)8-3-5-12(6-4-8)9(13)7-11/h8H,2-7H2,1H3. The number of piperidine rings is 1. The number of ether oxygens (including phenoxy) is 1. The summed E-state index contributed by atoms with van der Waals surface area (Å²) in [5.74, 6) is -0.233. The summed E-state index contributed by atoms with van der Waals surface area (Å²) in [6, 6.07) is 0. The molecule has 0 aromatic carbocycles. The Labute approximate surface area is 94.5 Å². The number of esters is 1. The van der Waals surface area contributed by atoms with Gasteiger partial charge < -0.3 is 9.64 Å². The number of hydrogen-bond acceptors (Lipinski definition) is 3. The minimum Gasteiger partial charge on any atom is -0.466 e. The number of halogens is 1. The van der Waals surface area contributed by atoms with Crippen molar-refractivity contribution in [2.45, 2.75) is 19.8 Å². The highest BCUT2D eigenvalue weighted by Gasteiger charge is 2.27. The second-order valence-electron chi connectivity index (χ2n) is 3.54. The van der Waals surface area contributed by atoms with Gasteiger partial charge in [-0.1, -0.05) is 0 Å². The zero-order chi connectivity index (χ0) is 11.3. The Balaban J connectivity index is 2.35. The van der Waals surface area contributed by atoms with Crippen LogP contribution in [0.25, 0.3) is 0 Å². The Bertz CT molecular complexity index is 237. The van der Waals surface area contributed by atoms with Crippen LogP contribution in [0, 0.1) is 5.92 Å². The third kappa shape index (κ3) is 3.38. The fourth-order valence-electron chi connectivity index (χ4n) is 1.71. The molecule has 1 heterocycles. The molecule has 15 heavy (non-hydrogen) atoms. The van der Waals surface area contributed by atoms with E-state index in [1.54, 1.807) is 11.8 Å². The van der Waals surface area contributed by atoms with Crippen LogP contribution in [-0.4, -0.2) is 42.4 Å². The van der Waals surface area contributed by atoms with Gasteiger partial charge in [0.25, 0.3) is 0 Å². The predicted octanol–water partition coefficient (Wildman–Crippen LogP) is 1.03. The van der Waals surface area contributed by atoms with Gasteiger partial charge >= 0.3 is 5.97 Å². The van der Waals surface area contributed by atoms with Crippen molar-refractivity contribution in [1.82, 2.24) is 4.90 Å². The first-order valence-corrected chi connectivity index (χ1v) is 5.72. The van der Waals surface area contributed by atoms with Gasteiger partial charge in [0.05, 0.1) is 12.5 Å². The SMILES string of the molecule is CCOC(=O)C1CCN(C(=O)CCl)CC1. The monoisotopic (exact) mass is 233 g/mol. The van der Waals surface area contributed by atoms with Crippen LogP contribution in [-0.2, 0) is 14.3 Å². The molecule has 0 radical (unpaired) electrons. The van der Waals surface area contributed by atoms with Crippen LogP contribution in [0.3, 0.4) is 0 Å². The third-order valence-electron chi connectivity index (χ3n) is 2.58. The van der Waals surface area contributed by atoms with Crippen molar-refractivity contribution < 1.29 is 14.3 Å². The molecule has 0 aromatic rings. The molecular weight excluding hydrogens is 218 g/mol. The maximum Gasteiger partial charge on any atom is 0.309 e. The van der Waals surface area contributed by atoms with Gasteiger partial charge in [0.1, 0.15) is 5.88 Å². The molecule has 1 rings (SSSR count). The molecule has 0 unspecified atom stereocenters. The highest BCUT2D eigenvalue weighted by atomic mass is 35.5. The molecule has 0 aromatic heterocycles. The molecule has 0 bridgehead atoms. The van der Waals surface area contributed by atoms with E-state index in [4.69, 9.17) is 16.3 Å². The van der Waals surface area contributed by atoms with Crippen LogP contribution in [0.1, 0.15) is 19.8 Å². The van der Waals surface area contributed by atoms with E-state index in [0.29, 0.717) is 32.5 Å². The average molecular weight is 234 g/mol. The number of hydrogen-bond donors (Lipinski definition) is 0. The fourth-order valence-corrected chi connectivity index (χ4v) is 1.88. The van der Waals surface area contributed by atoms with Gasteiger partial charge in [0.15, 0.2) is 0 Å². The van der Waals surface area contributed by atoms with Crippen molar-refractivity contribution >= 4 is 23.5 Å². The first kappa shape index (κ1) is 12.3. The summed E-state index contributed by atoms with van der Waals surface area (Å²) in [5.41, 5.74) is 0. The molecule has 86 valence electrons. The predicted molar refractivity (Wildman–Crippen MR) is 56.7 cm³/mol. The second kappa shape index (κ2) is 5.95. The molecule has 1 aliphatic heterocycles. The van der Waals surface area contributed by atoms with Gasteiger partial charge in [-0.05, 0) is 19.8 Å². The van der Waals surface area contributed by atoms with Crippen LogP contribution in [0.4, 0.5) is 0 Å². The number of amides is 1. The topological polar surface area (TPSA) is 46.6 Å². The molecule has 0 spiro atoms. The number of nitrogens with zero attached hydrogens (tertiary/aromatic N) is 1. The third-order valence-corrected chi connectivity index (χ3v) is 2.81. The van der Waals surface area contributed by atoms with Crippen LogP contribution >= 0.6 is 11.6 Å². The van der Waals surface area contributed by atoms with Gasteiger partial charge in [-0.15, -0.1) is 11.6 Å². The fraction of sp³-hybridized carbons (Fsp3) is 0.800. The summed E-state index contributed by atoms with van der Waals surface area (Å²) in [6.45, 7) is 3.42. The molecule has 1 amide bonds. The molecule has 5 heteroatoms. The highest BCUT2D eigenvalue weighted by molar-refractivity contribution is 6.27. The minimum absolute atomic E-state index is 0.0179. The second-order valence-corrected chi connectivity index (χ2v) is 3.81. The Morgan fingerprint density at radius 2 is 2.00 bits per heavy atom. The van der Waals surface area contributed by atoms with Gasteiger partial charge in [-0.2, -0.15) is 0 Å². The Morgan fingerprint density at radius 1 is 1.40 bits per heavy atom. The summed E-state index contributed by atoms with van der Waals surface area (Å²) in [5, 5.41) is 0. The lowest BCUT2D eigenvalue weighted by Crippen LogP contribution is -2.41. The van der Waals surface area contributed by atoms with E-state index in [1.165, 1.54) is 0 Å². The number of alkyl halides is 1. The molecule has 1 saturated heterocycles. The highest BCUT2D eigenvalue weighted by Crippen LogP contribution is 2.18. The zero-order valence-electron chi connectivity index (χ0n) is 8.87.